The summed E-state index contributed by atoms with van der Waals surface area (Å²) in [6.07, 6.45) is 4.43. The van der Waals surface area contributed by atoms with E-state index in [1.165, 1.54) is 17.5 Å². The summed E-state index contributed by atoms with van der Waals surface area (Å²) in [4.78, 5) is 0. The maximum absolute atomic E-state index is 6.49. The summed E-state index contributed by atoms with van der Waals surface area (Å²) in [5.41, 5.74) is 4.43. The fourth-order valence-corrected chi connectivity index (χ4v) is 4.30. The highest BCUT2D eigenvalue weighted by Gasteiger charge is 2.17. The molecule has 31 heavy (non-hydrogen) atoms. The van der Waals surface area contributed by atoms with E-state index >= 15 is 0 Å². The minimum atomic E-state index is 0.193. The molecule has 1 saturated heterocycles. The van der Waals surface area contributed by atoms with Crippen LogP contribution in [0.4, 0.5) is 0 Å². The maximum atomic E-state index is 6.49. The summed E-state index contributed by atoms with van der Waals surface area (Å²) in [6, 6.07) is 24.5. The van der Waals surface area contributed by atoms with E-state index in [4.69, 9.17) is 25.5 Å². The molecule has 0 N–H and O–H groups in total. The molecule has 1 aliphatic heterocycles. The van der Waals surface area contributed by atoms with Gasteiger partial charge in [-0.3, -0.25) is 0 Å². The molecule has 0 aliphatic carbocycles. The summed E-state index contributed by atoms with van der Waals surface area (Å²) in [5.74, 6) is 1.64. The first-order valence-corrected chi connectivity index (χ1v) is 11.2. The molecule has 158 valence electrons. The van der Waals surface area contributed by atoms with Gasteiger partial charge >= 0.3 is 0 Å². The van der Waals surface area contributed by atoms with Crippen LogP contribution in [-0.4, -0.2) is 6.61 Å². The third-order valence-electron chi connectivity index (χ3n) is 5.80. The average molecular weight is 433 g/mol. The molecular weight excluding hydrogens is 408 g/mol. The van der Waals surface area contributed by atoms with Crippen LogP contribution in [0, 0.1) is 0 Å². The van der Waals surface area contributed by atoms with Gasteiger partial charge in [0, 0.05) is 17.0 Å². The molecule has 1 fully saturated rings. The number of rotatable bonds is 6. The molecule has 4 heteroatoms. The van der Waals surface area contributed by atoms with Gasteiger partial charge in [-0.25, -0.2) is 0 Å². The summed E-state index contributed by atoms with van der Waals surface area (Å²) in [6.45, 7) is 1.25. The normalized spacial score (nSPS) is 16.5. The van der Waals surface area contributed by atoms with Gasteiger partial charge in [0.05, 0.1) is 6.10 Å². The van der Waals surface area contributed by atoms with Crippen molar-refractivity contribution < 1.29 is 13.9 Å². The summed E-state index contributed by atoms with van der Waals surface area (Å²) >= 11 is 6.49. The molecule has 0 amide bonds. The number of hydrogen-bond acceptors (Lipinski definition) is 3. The molecule has 0 saturated carbocycles. The van der Waals surface area contributed by atoms with Crippen molar-refractivity contribution in [2.75, 3.05) is 6.61 Å². The van der Waals surface area contributed by atoms with Crippen LogP contribution < -0.4 is 4.74 Å². The number of hydrogen-bond donors (Lipinski definition) is 0. The SMILES string of the molecule is Clc1ccc(C2CCCCO2)cc1Cc1ccc(OCc2cc3ccccc3o2)cc1. The second-order valence-electron chi connectivity index (χ2n) is 8.07. The lowest BCUT2D eigenvalue weighted by Gasteiger charge is -2.23. The van der Waals surface area contributed by atoms with E-state index < -0.39 is 0 Å². The van der Waals surface area contributed by atoms with E-state index in [0.717, 1.165) is 58.9 Å². The Hall–Kier alpha value is -2.75. The van der Waals surface area contributed by atoms with E-state index in [1.54, 1.807) is 0 Å². The number of furan rings is 1. The van der Waals surface area contributed by atoms with Crippen LogP contribution in [0.3, 0.4) is 0 Å². The Balaban J connectivity index is 1.23. The Bertz CT molecular complexity index is 1120. The Labute approximate surface area is 187 Å². The highest BCUT2D eigenvalue weighted by atomic mass is 35.5. The molecule has 1 aliphatic rings. The minimum absolute atomic E-state index is 0.193. The number of para-hydroxylation sites is 1. The van der Waals surface area contributed by atoms with Gasteiger partial charge in [0.1, 0.15) is 23.7 Å². The standard InChI is InChI=1S/C27H25ClO3/c28-25-13-10-21(26-6-3-4-14-29-26)16-22(25)15-19-8-11-23(12-9-19)30-18-24-17-20-5-1-2-7-27(20)31-24/h1-2,5,7-13,16-17,26H,3-4,6,14-15,18H2. The fraction of sp³-hybridized carbons (Fsp3) is 0.259. The quantitative estimate of drug-likeness (QED) is 0.316. The van der Waals surface area contributed by atoms with E-state index in [9.17, 15) is 0 Å². The van der Waals surface area contributed by atoms with Gasteiger partial charge in [-0.05, 0) is 72.7 Å². The number of halogens is 1. The molecule has 1 aromatic heterocycles. The Morgan fingerprint density at radius 1 is 0.935 bits per heavy atom. The Morgan fingerprint density at radius 3 is 2.61 bits per heavy atom. The van der Waals surface area contributed by atoms with Crippen LogP contribution in [0.1, 0.15) is 47.8 Å². The van der Waals surface area contributed by atoms with Crippen molar-refractivity contribution in [1.82, 2.24) is 0 Å². The lowest BCUT2D eigenvalue weighted by atomic mass is 9.97. The minimum Gasteiger partial charge on any atom is -0.486 e. The maximum Gasteiger partial charge on any atom is 0.146 e. The van der Waals surface area contributed by atoms with Crippen molar-refractivity contribution in [1.29, 1.82) is 0 Å². The molecular formula is C27H25ClO3. The molecule has 5 rings (SSSR count). The zero-order valence-electron chi connectivity index (χ0n) is 17.4. The van der Waals surface area contributed by atoms with Crippen LogP contribution in [0.2, 0.25) is 5.02 Å². The van der Waals surface area contributed by atoms with Gasteiger partial charge in [0.15, 0.2) is 0 Å². The molecule has 3 nitrogen and oxygen atoms in total. The third kappa shape index (κ3) is 4.79. The van der Waals surface area contributed by atoms with E-state index in [1.807, 2.05) is 48.5 Å². The summed E-state index contributed by atoms with van der Waals surface area (Å²) in [5, 5.41) is 1.89. The van der Waals surface area contributed by atoms with Crippen molar-refractivity contribution in [2.24, 2.45) is 0 Å². The van der Waals surface area contributed by atoms with E-state index in [2.05, 4.69) is 24.3 Å². The Morgan fingerprint density at radius 2 is 1.81 bits per heavy atom. The zero-order chi connectivity index (χ0) is 21.0. The van der Waals surface area contributed by atoms with Gasteiger partial charge in [0.2, 0.25) is 0 Å². The predicted octanol–water partition coefficient (Wildman–Crippen LogP) is 7.50. The van der Waals surface area contributed by atoms with Crippen LogP contribution in [0.5, 0.6) is 5.75 Å². The molecule has 1 atom stereocenters. The zero-order valence-corrected chi connectivity index (χ0v) is 18.1. The first kappa shape index (κ1) is 20.2. The monoisotopic (exact) mass is 432 g/mol. The summed E-state index contributed by atoms with van der Waals surface area (Å²) in [7, 11) is 0. The molecule has 0 bridgehead atoms. The van der Waals surface area contributed by atoms with Crippen LogP contribution >= 0.6 is 11.6 Å². The third-order valence-corrected chi connectivity index (χ3v) is 6.17. The van der Waals surface area contributed by atoms with Gasteiger partial charge in [-0.2, -0.15) is 0 Å². The lowest BCUT2D eigenvalue weighted by molar-refractivity contribution is 0.0149. The smallest absolute Gasteiger partial charge is 0.146 e. The summed E-state index contributed by atoms with van der Waals surface area (Å²) < 4.78 is 17.7. The first-order chi connectivity index (χ1) is 15.2. The molecule has 2 heterocycles. The van der Waals surface area contributed by atoms with Gasteiger partial charge in [-0.15, -0.1) is 0 Å². The van der Waals surface area contributed by atoms with Crippen molar-refractivity contribution in [2.45, 2.75) is 38.4 Å². The number of ether oxygens (including phenoxy) is 2. The molecule has 4 aromatic rings. The second-order valence-corrected chi connectivity index (χ2v) is 8.47. The topological polar surface area (TPSA) is 31.6 Å². The second kappa shape index (κ2) is 9.17. The largest absolute Gasteiger partial charge is 0.486 e. The van der Waals surface area contributed by atoms with Gasteiger partial charge in [-0.1, -0.05) is 54.1 Å². The average Bonchev–Trinajstić information content (AvgIpc) is 3.24. The van der Waals surface area contributed by atoms with Crippen LogP contribution in [-0.2, 0) is 17.8 Å². The fourth-order valence-electron chi connectivity index (χ4n) is 4.12. The van der Waals surface area contributed by atoms with Crippen molar-refractivity contribution in [3.8, 4) is 5.75 Å². The first-order valence-electron chi connectivity index (χ1n) is 10.8. The lowest BCUT2D eigenvalue weighted by Crippen LogP contribution is -2.11. The highest BCUT2D eigenvalue weighted by Crippen LogP contribution is 2.31. The van der Waals surface area contributed by atoms with E-state index in [0.29, 0.717) is 6.61 Å². The van der Waals surface area contributed by atoms with Crippen LogP contribution in [0.15, 0.2) is 77.2 Å². The van der Waals surface area contributed by atoms with Crippen molar-refractivity contribution in [3.05, 3.63) is 100 Å². The number of benzene rings is 3. The number of fused-ring (bicyclic) bond motifs is 1. The molecule has 3 aromatic carbocycles. The van der Waals surface area contributed by atoms with Crippen molar-refractivity contribution >= 4 is 22.6 Å². The predicted molar refractivity (Wildman–Crippen MR) is 124 cm³/mol. The van der Waals surface area contributed by atoms with Gasteiger partial charge in [0.25, 0.3) is 0 Å². The Kier molecular flexibility index (Phi) is 5.97. The molecule has 0 spiro atoms. The van der Waals surface area contributed by atoms with Crippen molar-refractivity contribution in [3.63, 3.8) is 0 Å². The molecule has 0 radical (unpaired) electrons. The molecule has 1 unspecified atom stereocenters. The van der Waals surface area contributed by atoms with E-state index in [-0.39, 0.29) is 6.10 Å². The van der Waals surface area contributed by atoms with Crippen LogP contribution in [0.25, 0.3) is 11.0 Å². The highest BCUT2D eigenvalue weighted by molar-refractivity contribution is 6.31. The van der Waals surface area contributed by atoms with Gasteiger partial charge < -0.3 is 13.9 Å².